The number of rotatable bonds is 3. The molecule has 0 saturated heterocycles. The zero-order valence-electron chi connectivity index (χ0n) is 12.1. The van der Waals surface area contributed by atoms with Crippen LogP contribution in [0.3, 0.4) is 0 Å². The molecule has 0 amide bonds. The van der Waals surface area contributed by atoms with Crippen LogP contribution in [0.5, 0.6) is 0 Å². The Hall–Kier alpha value is -0.910. The Labute approximate surface area is 118 Å². The maximum Gasteiger partial charge on any atom is 0.333 e. The molecule has 4 rings (SSSR count). The van der Waals surface area contributed by atoms with Gasteiger partial charge in [-0.2, -0.15) is 0 Å². The molecular formula is C15H22O5. The van der Waals surface area contributed by atoms with E-state index in [0.717, 1.165) is 0 Å². The predicted molar refractivity (Wildman–Crippen MR) is 71.0 cm³/mol. The van der Waals surface area contributed by atoms with Gasteiger partial charge in [-0.05, 0) is 6.92 Å². The largest absolute Gasteiger partial charge is 0.455 e. The van der Waals surface area contributed by atoms with Crippen molar-refractivity contribution in [1.82, 2.24) is 0 Å². The highest BCUT2D eigenvalue weighted by Crippen LogP contribution is 2.63. The lowest BCUT2D eigenvalue weighted by molar-refractivity contribution is -0.305. The lowest BCUT2D eigenvalue weighted by atomic mass is 9.48. The third-order valence-corrected chi connectivity index (χ3v) is 5.00. The fourth-order valence-electron chi connectivity index (χ4n) is 4.96. The summed E-state index contributed by atoms with van der Waals surface area (Å²) in [5.41, 5.74) is -3.16. The van der Waals surface area contributed by atoms with Crippen molar-refractivity contribution in [1.29, 1.82) is 0 Å². The Balaban J connectivity index is 1.97. The van der Waals surface area contributed by atoms with Crippen molar-refractivity contribution in [3.63, 3.8) is 0 Å². The van der Waals surface area contributed by atoms with Gasteiger partial charge >= 0.3 is 5.97 Å². The third-order valence-electron chi connectivity index (χ3n) is 5.00. The van der Waals surface area contributed by atoms with Crippen molar-refractivity contribution >= 4 is 5.97 Å². The van der Waals surface area contributed by atoms with Gasteiger partial charge in [0.05, 0.1) is 16.8 Å². The van der Waals surface area contributed by atoms with Crippen LogP contribution >= 0.6 is 0 Å². The maximum absolute atomic E-state index is 11.9. The molecule has 112 valence electrons. The first-order valence-electron chi connectivity index (χ1n) is 7.02. The zero-order chi connectivity index (χ0) is 14.8. The van der Waals surface area contributed by atoms with Crippen LogP contribution in [0.15, 0.2) is 12.2 Å². The van der Waals surface area contributed by atoms with Gasteiger partial charge in [-0.1, -0.05) is 6.58 Å². The average molecular weight is 282 g/mol. The number of hydrogen-bond acceptors (Lipinski definition) is 5. The molecule has 0 radical (unpaired) electrons. The topological polar surface area (TPSA) is 76.0 Å². The van der Waals surface area contributed by atoms with Crippen molar-refractivity contribution in [2.75, 3.05) is 7.11 Å². The summed E-state index contributed by atoms with van der Waals surface area (Å²) in [6.45, 7) is 5.19. The summed E-state index contributed by atoms with van der Waals surface area (Å²) in [5, 5.41) is 21.5. The molecule has 5 heteroatoms. The standard InChI is InChI=1S/C15H22O5/c1-10(2)11(16)20-15-7-12(17)4-13(18,8-15)6-14(5-12,9-15)19-3/h17-18H,1,4-9H2,2-3H3. The molecule has 20 heavy (non-hydrogen) atoms. The Morgan fingerprint density at radius 3 is 1.95 bits per heavy atom. The highest BCUT2D eigenvalue weighted by Gasteiger charge is 2.70. The quantitative estimate of drug-likeness (QED) is 0.598. The Morgan fingerprint density at radius 1 is 1.00 bits per heavy atom. The van der Waals surface area contributed by atoms with E-state index in [1.54, 1.807) is 14.0 Å². The van der Waals surface area contributed by atoms with Crippen LogP contribution in [-0.4, -0.2) is 45.7 Å². The lowest BCUT2D eigenvalue weighted by Crippen LogP contribution is -2.73. The van der Waals surface area contributed by atoms with Gasteiger partial charge in [0.1, 0.15) is 5.60 Å². The van der Waals surface area contributed by atoms with Crippen LogP contribution in [0.4, 0.5) is 0 Å². The lowest BCUT2D eigenvalue weighted by Gasteiger charge is -2.65. The molecular weight excluding hydrogens is 260 g/mol. The van der Waals surface area contributed by atoms with Gasteiger partial charge in [-0.15, -0.1) is 0 Å². The summed E-state index contributed by atoms with van der Waals surface area (Å²) < 4.78 is 11.2. The number of esters is 1. The molecule has 5 nitrogen and oxygen atoms in total. The van der Waals surface area contributed by atoms with Crippen LogP contribution in [0.1, 0.15) is 45.4 Å². The molecule has 2 atom stereocenters. The minimum Gasteiger partial charge on any atom is -0.455 e. The minimum atomic E-state index is -1.02. The maximum atomic E-state index is 11.9. The summed E-state index contributed by atoms with van der Waals surface area (Å²) in [4.78, 5) is 11.9. The van der Waals surface area contributed by atoms with Gasteiger partial charge in [0.25, 0.3) is 0 Å². The first-order valence-corrected chi connectivity index (χ1v) is 7.02. The Kier molecular flexibility index (Phi) is 2.70. The van der Waals surface area contributed by atoms with Crippen LogP contribution in [-0.2, 0) is 14.3 Å². The fourth-order valence-corrected chi connectivity index (χ4v) is 4.96. The van der Waals surface area contributed by atoms with Gasteiger partial charge in [0.15, 0.2) is 0 Å². The van der Waals surface area contributed by atoms with E-state index in [0.29, 0.717) is 44.1 Å². The monoisotopic (exact) mass is 282 g/mol. The number of ether oxygens (including phenoxy) is 2. The number of carbonyl (C=O) groups excluding carboxylic acids is 1. The van der Waals surface area contributed by atoms with Gasteiger partial charge in [-0.3, -0.25) is 0 Å². The highest BCUT2D eigenvalue weighted by atomic mass is 16.6. The van der Waals surface area contributed by atoms with E-state index in [9.17, 15) is 15.0 Å². The minimum absolute atomic E-state index is 0.325. The van der Waals surface area contributed by atoms with Crippen molar-refractivity contribution in [3.8, 4) is 0 Å². The normalized spacial score (nSPS) is 49.2. The molecule has 4 bridgehead atoms. The predicted octanol–water partition coefficient (Wildman–Crippen LogP) is 1.07. The average Bonchev–Trinajstić information content (AvgIpc) is 2.23. The van der Waals surface area contributed by atoms with Crippen LogP contribution in [0.2, 0.25) is 0 Å². The number of methoxy groups -OCH3 is 1. The van der Waals surface area contributed by atoms with Crippen LogP contribution < -0.4 is 0 Å². The van der Waals surface area contributed by atoms with Gasteiger partial charge in [0, 0.05) is 51.2 Å². The van der Waals surface area contributed by atoms with Crippen molar-refractivity contribution in [2.45, 2.75) is 67.9 Å². The van der Waals surface area contributed by atoms with Crippen LogP contribution in [0.25, 0.3) is 0 Å². The Bertz CT molecular complexity index is 465. The second kappa shape index (κ2) is 3.84. The smallest absolute Gasteiger partial charge is 0.333 e. The fraction of sp³-hybridized carbons (Fsp3) is 0.800. The second-order valence-electron chi connectivity index (χ2n) is 7.25. The van der Waals surface area contributed by atoms with E-state index in [1.807, 2.05) is 0 Å². The van der Waals surface area contributed by atoms with E-state index in [-0.39, 0.29) is 0 Å². The first kappa shape index (κ1) is 14.0. The van der Waals surface area contributed by atoms with E-state index in [2.05, 4.69) is 6.58 Å². The van der Waals surface area contributed by atoms with Gasteiger partial charge < -0.3 is 19.7 Å². The van der Waals surface area contributed by atoms with E-state index >= 15 is 0 Å². The number of hydrogen-bond donors (Lipinski definition) is 2. The molecule has 0 aromatic rings. The van der Waals surface area contributed by atoms with Gasteiger partial charge in [-0.25, -0.2) is 4.79 Å². The third kappa shape index (κ3) is 2.00. The SMILES string of the molecule is C=C(C)C(=O)OC12CC3(O)CC(O)(CC(OC)(C3)C1)C2. The van der Waals surface area contributed by atoms with E-state index in [4.69, 9.17) is 9.47 Å². The summed E-state index contributed by atoms with van der Waals surface area (Å²) >= 11 is 0. The molecule has 4 saturated carbocycles. The van der Waals surface area contributed by atoms with Crippen molar-refractivity contribution in [2.24, 2.45) is 0 Å². The molecule has 0 spiro atoms. The summed E-state index contributed by atoms with van der Waals surface area (Å²) in [6, 6.07) is 0. The summed E-state index contributed by atoms with van der Waals surface area (Å²) in [7, 11) is 1.59. The second-order valence-corrected chi connectivity index (χ2v) is 7.25. The summed E-state index contributed by atoms with van der Waals surface area (Å²) in [5.74, 6) is -0.467. The highest BCUT2D eigenvalue weighted by molar-refractivity contribution is 5.87. The van der Waals surface area contributed by atoms with Gasteiger partial charge in [0.2, 0.25) is 0 Å². The first-order chi connectivity index (χ1) is 9.13. The summed E-state index contributed by atoms with van der Waals surface area (Å²) in [6.07, 6.45) is 2.58. The van der Waals surface area contributed by atoms with E-state index < -0.39 is 28.4 Å². The molecule has 0 aliphatic heterocycles. The molecule has 2 unspecified atom stereocenters. The number of carbonyl (C=O) groups is 1. The van der Waals surface area contributed by atoms with Crippen LogP contribution in [0, 0.1) is 0 Å². The Morgan fingerprint density at radius 2 is 1.50 bits per heavy atom. The molecule has 0 heterocycles. The number of aliphatic hydroxyl groups is 2. The van der Waals surface area contributed by atoms with Crippen molar-refractivity contribution in [3.05, 3.63) is 12.2 Å². The molecule has 4 aliphatic carbocycles. The molecule has 4 fully saturated rings. The zero-order valence-corrected chi connectivity index (χ0v) is 12.1. The van der Waals surface area contributed by atoms with Crippen molar-refractivity contribution < 1.29 is 24.5 Å². The molecule has 0 aromatic carbocycles. The van der Waals surface area contributed by atoms with E-state index in [1.165, 1.54) is 0 Å². The molecule has 4 aliphatic rings. The molecule has 0 aromatic heterocycles. The molecule has 2 N–H and O–H groups in total.